The van der Waals surface area contributed by atoms with Crippen LogP contribution in [0.15, 0.2) is 86.8 Å². The summed E-state index contributed by atoms with van der Waals surface area (Å²) in [4.78, 5) is 12.0. The molecule has 2 N–H and O–H groups in total. The van der Waals surface area contributed by atoms with Gasteiger partial charge in [-0.3, -0.25) is 4.79 Å². The van der Waals surface area contributed by atoms with Crippen molar-refractivity contribution in [2.75, 3.05) is 11.9 Å². The Labute approximate surface area is 186 Å². The largest absolute Gasteiger partial charge is 0.487 e. The van der Waals surface area contributed by atoms with Gasteiger partial charge in [-0.1, -0.05) is 64.5 Å². The van der Waals surface area contributed by atoms with Crippen molar-refractivity contribution in [2.24, 2.45) is 5.10 Å². The zero-order chi connectivity index (χ0) is 20.5. The maximum absolute atomic E-state index is 12.0. The standard InChI is InChI=1S/C22H19Br2N3O2/c23-18-11-17(13-26-27-21(28)14-25-19-9-5-2-6-10-19)22(20(24)12-18)29-15-16-7-3-1-4-8-16/h1-13,25H,14-15H2,(H,27,28)/b26-13-. The van der Waals surface area contributed by atoms with Crippen molar-refractivity contribution < 1.29 is 9.53 Å². The van der Waals surface area contributed by atoms with Gasteiger partial charge in [-0.25, -0.2) is 5.43 Å². The minimum absolute atomic E-state index is 0.126. The highest BCUT2D eigenvalue weighted by atomic mass is 79.9. The monoisotopic (exact) mass is 515 g/mol. The molecule has 0 aromatic heterocycles. The first-order valence-electron chi connectivity index (χ1n) is 8.88. The van der Waals surface area contributed by atoms with Crippen molar-refractivity contribution in [1.29, 1.82) is 0 Å². The fourth-order valence-electron chi connectivity index (χ4n) is 2.51. The summed E-state index contributed by atoms with van der Waals surface area (Å²) in [5.74, 6) is 0.406. The van der Waals surface area contributed by atoms with Crippen LogP contribution in [0.4, 0.5) is 5.69 Å². The summed E-state index contributed by atoms with van der Waals surface area (Å²) in [6.07, 6.45) is 1.57. The lowest BCUT2D eigenvalue weighted by Crippen LogP contribution is -2.25. The van der Waals surface area contributed by atoms with E-state index in [1.165, 1.54) is 0 Å². The number of nitrogens with one attached hydrogen (secondary N) is 2. The van der Waals surface area contributed by atoms with Gasteiger partial charge in [0, 0.05) is 15.7 Å². The minimum Gasteiger partial charge on any atom is -0.487 e. The molecule has 148 valence electrons. The first-order valence-corrected chi connectivity index (χ1v) is 10.5. The number of halogens is 2. The highest BCUT2D eigenvalue weighted by Gasteiger charge is 2.10. The lowest BCUT2D eigenvalue weighted by Gasteiger charge is -2.12. The van der Waals surface area contributed by atoms with Crippen molar-refractivity contribution >= 4 is 49.7 Å². The highest BCUT2D eigenvalue weighted by Crippen LogP contribution is 2.32. The third-order valence-corrected chi connectivity index (χ3v) is 4.93. The first kappa shape index (κ1) is 21.1. The van der Waals surface area contributed by atoms with Gasteiger partial charge >= 0.3 is 0 Å². The molecule has 3 aromatic rings. The summed E-state index contributed by atoms with van der Waals surface area (Å²) in [5, 5.41) is 7.10. The van der Waals surface area contributed by atoms with Crippen LogP contribution in [0.5, 0.6) is 5.75 Å². The molecule has 0 fully saturated rings. The highest BCUT2D eigenvalue weighted by molar-refractivity contribution is 9.11. The number of amides is 1. The third kappa shape index (κ3) is 6.73. The molecule has 0 heterocycles. The van der Waals surface area contributed by atoms with Crippen molar-refractivity contribution in [3.63, 3.8) is 0 Å². The van der Waals surface area contributed by atoms with Crippen LogP contribution in [0.1, 0.15) is 11.1 Å². The molecule has 0 spiro atoms. The van der Waals surface area contributed by atoms with Gasteiger partial charge < -0.3 is 10.1 Å². The number of carbonyl (C=O) groups is 1. The fraction of sp³-hybridized carbons (Fsp3) is 0.0909. The second kappa shape index (κ2) is 10.8. The summed E-state index contributed by atoms with van der Waals surface area (Å²) in [6.45, 7) is 0.552. The third-order valence-electron chi connectivity index (χ3n) is 3.88. The van der Waals surface area contributed by atoms with Gasteiger partial charge in [0.15, 0.2) is 0 Å². The first-order chi connectivity index (χ1) is 14.1. The van der Waals surface area contributed by atoms with Crippen LogP contribution >= 0.6 is 31.9 Å². The Bertz CT molecular complexity index is 980. The minimum atomic E-state index is -0.245. The van der Waals surface area contributed by atoms with E-state index >= 15 is 0 Å². The molecular weight excluding hydrogens is 498 g/mol. The van der Waals surface area contributed by atoms with E-state index in [0.29, 0.717) is 12.4 Å². The summed E-state index contributed by atoms with van der Waals surface area (Å²) in [6, 6.07) is 23.2. The zero-order valence-corrected chi connectivity index (χ0v) is 18.6. The van der Waals surface area contributed by atoms with E-state index in [4.69, 9.17) is 4.74 Å². The van der Waals surface area contributed by atoms with Gasteiger partial charge in [0.05, 0.1) is 17.2 Å². The van der Waals surface area contributed by atoms with Crippen LogP contribution in [0.25, 0.3) is 0 Å². The molecule has 0 saturated heterocycles. The SMILES string of the molecule is O=C(CNc1ccccc1)N/N=C\c1cc(Br)cc(Br)c1OCc1ccccc1. The van der Waals surface area contributed by atoms with E-state index < -0.39 is 0 Å². The number of hydrogen-bond acceptors (Lipinski definition) is 4. The van der Waals surface area contributed by atoms with Crippen LogP contribution in [0.2, 0.25) is 0 Å². The molecule has 0 atom stereocenters. The van der Waals surface area contributed by atoms with E-state index in [1.807, 2.05) is 72.8 Å². The van der Waals surface area contributed by atoms with Crippen LogP contribution in [0, 0.1) is 0 Å². The van der Waals surface area contributed by atoms with Crippen molar-refractivity contribution in [1.82, 2.24) is 5.43 Å². The Hall–Kier alpha value is -2.64. The number of hydrazone groups is 1. The average molecular weight is 517 g/mol. The van der Waals surface area contributed by atoms with Crippen LogP contribution < -0.4 is 15.5 Å². The molecule has 0 aliphatic carbocycles. The number of carbonyl (C=O) groups excluding carboxylic acids is 1. The Kier molecular flexibility index (Phi) is 7.84. The molecule has 0 aliphatic rings. The van der Waals surface area contributed by atoms with Crippen molar-refractivity contribution in [3.8, 4) is 5.75 Å². The molecule has 29 heavy (non-hydrogen) atoms. The van der Waals surface area contributed by atoms with Crippen LogP contribution in [-0.2, 0) is 11.4 Å². The van der Waals surface area contributed by atoms with Gasteiger partial charge in [0.2, 0.25) is 0 Å². The van der Waals surface area contributed by atoms with Crippen molar-refractivity contribution in [2.45, 2.75) is 6.61 Å². The summed E-state index contributed by atoms with van der Waals surface area (Å²) in [5.41, 5.74) is 5.19. The predicted molar refractivity (Wildman–Crippen MR) is 123 cm³/mol. The molecule has 0 radical (unpaired) electrons. The summed E-state index contributed by atoms with van der Waals surface area (Å²) >= 11 is 7.00. The molecule has 0 saturated carbocycles. The summed E-state index contributed by atoms with van der Waals surface area (Å²) in [7, 11) is 0. The molecule has 1 amide bonds. The number of hydrogen-bond donors (Lipinski definition) is 2. The van der Waals surface area contributed by atoms with Crippen molar-refractivity contribution in [3.05, 3.63) is 92.9 Å². The second-order valence-corrected chi connectivity index (χ2v) is 7.86. The molecule has 0 bridgehead atoms. The van der Waals surface area contributed by atoms with E-state index in [2.05, 4.69) is 47.7 Å². The molecule has 7 heteroatoms. The number of nitrogens with zero attached hydrogens (tertiary/aromatic N) is 1. The maximum Gasteiger partial charge on any atom is 0.259 e. The number of anilines is 1. The number of rotatable bonds is 8. The Morgan fingerprint density at radius 2 is 1.69 bits per heavy atom. The van der Waals surface area contributed by atoms with Gasteiger partial charge in [0.1, 0.15) is 12.4 Å². The zero-order valence-electron chi connectivity index (χ0n) is 15.4. The van der Waals surface area contributed by atoms with E-state index in [9.17, 15) is 4.79 Å². The Morgan fingerprint density at radius 3 is 2.41 bits per heavy atom. The summed E-state index contributed by atoms with van der Waals surface area (Å²) < 4.78 is 7.65. The maximum atomic E-state index is 12.0. The topological polar surface area (TPSA) is 62.7 Å². The molecule has 5 nitrogen and oxygen atoms in total. The van der Waals surface area contributed by atoms with E-state index in [-0.39, 0.29) is 12.5 Å². The Morgan fingerprint density at radius 1 is 1.00 bits per heavy atom. The lowest BCUT2D eigenvalue weighted by atomic mass is 10.2. The predicted octanol–water partition coefficient (Wildman–Crippen LogP) is 5.35. The van der Waals surface area contributed by atoms with Gasteiger partial charge in [-0.15, -0.1) is 0 Å². The second-order valence-electron chi connectivity index (χ2n) is 6.09. The number of para-hydroxylation sites is 1. The van der Waals surface area contributed by atoms with Crippen LogP contribution in [0.3, 0.4) is 0 Å². The molecular formula is C22H19Br2N3O2. The molecule has 0 unspecified atom stereocenters. The van der Waals surface area contributed by atoms with E-state index in [1.54, 1.807) is 6.21 Å². The number of benzene rings is 3. The fourth-order valence-corrected chi connectivity index (χ4v) is 3.88. The normalized spacial score (nSPS) is 10.7. The van der Waals surface area contributed by atoms with Crippen LogP contribution in [-0.4, -0.2) is 18.7 Å². The van der Waals surface area contributed by atoms with Gasteiger partial charge in [-0.05, 0) is 45.8 Å². The quantitative estimate of drug-likeness (QED) is 0.313. The van der Waals surface area contributed by atoms with Gasteiger partial charge in [0.25, 0.3) is 5.91 Å². The Balaban J connectivity index is 1.62. The number of ether oxygens (including phenoxy) is 1. The smallest absolute Gasteiger partial charge is 0.259 e. The lowest BCUT2D eigenvalue weighted by molar-refractivity contribution is -0.119. The van der Waals surface area contributed by atoms with E-state index in [0.717, 1.165) is 25.8 Å². The van der Waals surface area contributed by atoms with Gasteiger partial charge in [-0.2, -0.15) is 5.10 Å². The molecule has 3 rings (SSSR count). The average Bonchev–Trinajstić information content (AvgIpc) is 2.73. The molecule has 0 aliphatic heterocycles. The molecule has 3 aromatic carbocycles.